The smallest absolute Gasteiger partial charge is 0.338 e. The summed E-state index contributed by atoms with van der Waals surface area (Å²) in [4.78, 5) is 64.9. The Morgan fingerprint density at radius 2 is 1.48 bits per heavy atom. The standard InChI is InChI=1S/C35H44O13/c1-17-23(44-18(2)36)15-34(32(6,7)42)26(17)27(40)29(47-31(41)22-12-10-9-11-13-22)33(8)24(45-19(3)37)14-25-35(16-43-25,48-21(5)39)28(33)30(34)46-20(4)38/h9-13,23-25,27-30,40,42H,14-16H2,1-8H3/t23-,24-,25+,27+,28?,29-,30?,33+,34-,35-/m0/s1. The second kappa shape index (κ2) is 12.3. The average molecular weight is 673 g/mol. The van der Waals surface area contributed by atoms with Crippen molar-refractivity contribution in [2.75, 3.05) is 6.61 Å². The fraction of sp³-hybridized carbons (Fsp3) is 0.629. The van der Waals surface area contributed by atoms with Gasteiger partial charge in [0.2, 0.25) is 0 Å². The molecule has 0 bridgehead atoms. The molecule has 4 aliphatic rings. The molecule has 3 fully saturated rings. The summed E-state index contributed by atoms with van der Waals surface area (Å²) in [5.41, 5.74) is -6.13. The van der Waals surface area contributed by atoms with Gasteiger partial charge in [-0.2, -0.15) is 0 Å². The second-order valence-corrected chi connectivity index (χ2v) is 14.1. The molecular weight excluding hydrogens is 628 g/mol. The van der Waals surface area contributed by atoms with Gasteiger partial charge in [0.05, 0.1) is 34.5 Å². The van der Waals surface area contributed by atoms with Crippen LogP contribution in [0.1, 0.15) is 78.6 Å². The molecule has 262 valence electrons. The third-order valence-corrected chi connectivity index (χ3v) is 10.8. The molecule has 5 rings (SSSR count). The highest BCUT2D eigenvalue weighted by atomic mass is 16.6. The van der Waals surface area contributed by atoms with Gasteiger partial charge in [-0.15, -0.1) is 0 Å². The SMILES string of the molecule is CC(=O)OC1C2[C@@](C)([C@@H](OC(C)=O)C[C@H]3OC[C@@]23OC(C)=O)[C@@H](OC(=O)c2ccccc2)[C@H](O)C2=C(C)[C@@H](OC(C)=O)C[C@]21C(C)(C)O. The number of benzene rings is 1. The fourth-order valence-electron chi connectivity index (χ4n) is 9.02. The van der Waals surface area contributed by atoms with Crippen molar-refractivity contribution >= 4 is 29.8 Å². The van der Waals surface area contributed by atoms with Gasteiger partial charge in [-0.1, -0.05) is 25.1 Å². The lowest BCUT2D eigenvalue weighted by atomic mass is 9.49. The maximum atomic E-state index is 13.9. The lowest BCUT2D eigenvalue weighted by molar-refractivity contribution is -0.352. The largest absolute Gasteiger partial charge is 0.462 e. The van der Waals surface area contributed by atoms with Gasteiger partial charge >= 0.3 is 29.8 Å². The Balaban J connectivity index is 1.90. The molecule has 0 radical (unpaired) electrons. The highest BCUT2D eigenvalue weighted by molar-refractivity contribution is 5.89. The normalized spacial score (nSPS) is 37.0. The van der Waals surface area contributed by atoms with E-state index in [9.17, 15) is 34.2 Å². The molecule has 10 atom stereocenters. The van der Waals surface area contributed by atoms with Crippen molar-refractivity contribution in [3.8, 4) is 0 Å². The lowest BCUT2D eigenvalue weighted by Crippen LogP contribution is -2.79. The van der Waals surface area contributed by atoms with Crippen molar-refractivity contribution in [3.63, 3.8) is 0 Å². The van der Waals surface area contributed by atoms with E-state index in [1.165, 1.54) is 53.7 Å². The van der Waals surface area contributed by atoms with E-state index in [1.54, 1.807) is 32.0 Å². The Morgan fingerprint density at radius 3 is 1.98 bits per heavy atom. The van der Waals surface area contributed by atoms with Gasteiger partial charge < -0.3 is 38.6 Å². The summed E-state index contributed by atoms with van der Waals surface area (Å²) >= 11 is 0. The molecule has 13 nitrogen and oxygen atoms in total. The first-order valence-electron chi connectivity index (χ1n) is 16.0. The minimum atomic E-state index is -1.83. The molecule has 0 aromatic heterocycles. The first-order valence-corrected chi connectivity index (χ1v) is 16.0. The van der Waals surface area contributed by atoms with E-state index in [1.807, 2.05) is 0 Å². The number of ether oxygens (including phenoxy) is 6. The molecule has 3 aliphatic carbocycles. The highest BCUT2D eigenvalue weighted by Crippen LogP contribution is 2.68. The van der Waals surface area contributed by atoms with E-state index in [-0.39, 0.29) is 30.6 Å². The summed E-state index contributed by atoms with van der Waals surface area (Å²) in [6.07, 6.45) is -7.92. The zero-order valence-corrected chi connectivity index (χ0v) is 28.4. The van der Waals surface area contributed by atoms with Crippen LogP contribution in [-0.4, -0.2) is 94.5 Å². The summed E-state index contributed by atoms with van der Waals surface area (Å²) < 4.78 is 36.2. The Labute approximate surface area is 278 Å². The molecule has 0 spiro atoms. The van der Waals surface area contributed by atoms with Crippen LogP contribution in [-0.2, 0) is 47.6 Å². The Kier molecular flexibility index (Phi) is 9.07. The number of esters is 5. The van der Waals surface area contributed by atoms with Crippen LogP contribution in [0.2, 0.25) is 0 Å². The maximum absolute atomic E-state index is 13.9. The molecule has 1 saturated heterocycles. The van der Waals surface area contributed by atoms with Crippen LogP contribution in [0.3, 0.4) is 0 Å². The molecule has 1 aromatic rings. The second-order valence-electron chi connectivity index (χ2n) is 14.1. The summed E-state index contributed by atoms with van der Waals surface area (Å²) in [5.74, 6) is -4.81. The molecule has 48 heavy (non-hydrogen) atoms. The zero-order chi connectivity index (χ0) is 35.6. The van der Waals surface area contributed by atoms with Gasteiger partial charge in [-0.25, -0.2) is 4.79 Å². The topological polar surface area (TPSA) is 181 Å². The van der Waals surface area contributed by atoms with Crippen molar-refractivity contribution in [1.29, 1.82) is 0 Å². The monoisotopic (exact) mass is 672 g/mol. The Bertz CT molecular complexity index is 1530. The summed E-state index contributed by atoms with van der Waals surface area (Å²) in [5, 5.41) is 25.0. The van der Waals surface area contributed by atoms with Gasteiger partial charge in [-0.05, 0) is 44.1 Å². The van der Waals surface area contributed by atoms with Crippen LogP contribution >= 0.6 is 0 Å². The number of carbonyl (C=O) groups is 5. The summed E-state index contributed by atoms with van der Waals surface area (Å²) in [7, 11) is 0. The predicted octanol–water partition coefficient (Wildman–Crippen LogP) is 2.59. The van der Waals surface area contributed by atoms with Crippen LogP contribution in [0, 0.1) is 16.7 Å². The Hall–Kier alpha value is -3.81. The van der Waals surface area contributed by atoms with Crippen molar-refractivity contribution in [2.24, 2.45) is 16.7 Å². The number of rotatable bonds is 7. The van der Waals surface area contributed by atoms with Crippen LogP contribution in [0.4, 0.5) is 0 Å². The van der Waals surface area contributed by atoms with Crippen molar-refractivity contribution in [1.82, 2.24) is 0 Å². The average Bonchev–Trinajstić information content (AvgIpc) is 3.23. The third kappa shape index (κ3) is 5.39. The van der Waals surface area contributed by atoms with E-state index in [0.29, 0.717) is 5.57 Å². The van der Waals surface area contributed by atoms with E-state index < -0.39 is 94.4 Å². The fourth-order valence-corrected chi connectivity index (χ4v) is 9.02. The number of hydrogen-bond acceptors (Lipinski definition) is 13. The van der Waals surface area contributed by atoms with Gasteiger partial charge in [0, 0.05) is 40.5 Å². The first kappa shape index (κ1) is 35.5. The first-order chi connectivity index (χ1) is 22.3. The van der Waals surface area contributed by atoms with Crippen molar-refractivity contribution in [3.05, 3.63) is 47.0 Å². The minimum absolute atomic E-state index is 0.0254. The molecule has 2 saturated carbocycles. The molecule has 2 N–H and O–H groups in total. The summed E-state index contributed by atoms with van der Waals surface area (Å²) in [6.45, 7) is 10.9. The van der Waals surface area contributed by atoms with Gasteiger partial charge in [0.15, 0.2) is 5.60 Å². The molecule has 2 unspecified atom stereocenters. The number of carbonyl (C=O) groups excluding carboxylic acids is 5. The van der Waals surface area contributed by atoms with E-state index >= 15 is 0 Å². The van der Waals surface area contributed by atoms with Crippen LogP contribution in [0.25, 0.3) is 0 Å². The van der Waals surface area contributed by atoms with Crippen LogP contribution in [0.15, 0.2) is 41.5 Å². The lowest BCUT2D eigenvalue weighted by Gasteiger charge is -2.65. The van der Waals surface area contributed by atoms with Crippen LogP contribution in [0.5, 0.6) is 0 Å². The third-order valence-electron chi connectivity index (χ3n) is 10.8. The van der Waals surface area contributed by atoms with Gasteiger partial charge in [0.25, 0.3) is 0 Å². The molecule has 13 heteroatoms. The summed E-state index contributed by atoms with van der Waals surface area (Å²) in [6, 6.07) is 8.07. The quantitative estimate of drug-likeness (QED) is 0.245. The number of aliphatic hydroxyl groups is 2. The van der Waals surface area contributed by atoms with Crippen LogP contribution < -0.4 is 0 Å². The molecular formula is C35H44O13. The van der Waals surface area contributed by atoms with E-state index in [0.717, 1.165) is 0 Å². The highest BCUT2D eigenvalue weighted by Gasteiger charge is 2.80. The molecule has 1 heterocycles. The number of fused-ring (bicyclic) bond motifs is 4. The molecule has 1 aromatic carbocycles. The van der Waals surface area contributed by atoms with E-state index in [4.69, 9.17) is 28.4 Å². The van der Waals surface area contributed by atoms with E-state index in [2.05, 4.69) is 0 Å². The molecule has 1 aliphatic heterocycles. The molecule has 0 amide bonds. The van der Waals surface area contributed by atoms with Gasteiger partial charge in [0.1, 0.15) is 36.6 Å². The number of aliphatic hydroxyl groups excluding tert-OH is 1. The van der Waals surface area contributed by atoms with Gasteiger partial charge in [-0.3, -0.25) is 19.2 Å². The predicted molar refractivity (Wildman–Crippen MR) is 165 cm³/mol. The zero-order valence-electron chi connectivity index (χ0n) is 28.4. The number of hydrogen-bond donors (Lipinski definition) is 2. The van der Waals surface area contributed by atoms with Crippen molar-refractivity contribution in [2.45, 2.75) is 116 Å². The minimum Gasteiger partial charge on any atom is -0.462 e. The maximum Gasteiger partial charge on any atom is 0.338 e. The Morgan fingerprint density at radius 1 is 0.875 bits per heavy atom. The van der Waals surface area contributed by atoms with Crippen molar-refractivity contribution < 1.29 is 62.6 Å².